The molecule has 18 nitrogen and oxygen atoms in total. The highest BCUT2D eigenvalue weighted by molar-refractivity contribution is 5.94. The van der Waals surface area contributed by atoms with Gasteiger partial charge in [0.2, 0.25) is 17.6 Å². The van der Waals surface area contributed by atoms with Gasteiger partial charge in [-0.05, 0) is 6.42 Å². The number of carbonyl (C=O) groups is 8. The summed E-state index contributed by atoms with van der Waals surface area (Å²) in [6, 6.07) is -1.67. The molecule has 0 rings (SSSR count). The van der Waals surface area contributed by atoms with Gasteiger partial charge >= 0.3 is 41.8 Å². The molecular formula is C17H22N2O16. The van der Waals surface area contributed by atoms with Crippen molar-refractivity contribution in [3.05, 3.63) is 0 Å². The van der Waals surface area contributed by atoms with Crippen molar-refractivity contribution in [3.8, 4) is 0 Å². The molecule has 5 N–H and O–H groups in total. The first kappa shape index (κ1) is 30.7. The Balaban J connectivity index is 6.19. The normalized spacial score (nSPS) is 13.5. The van der Waals surface area contributed by atoms with Crippen LogP contribution in [0.25, 0.3) is 0 Å². The third kappa shape index (κ3) is 11.4. The van der Waals surface area contributed by atoms with Crippen LogP contribution in [0.1, 0.15) is 40.0 Å². The van der Waals surface area contributed by atoms with Crippen molar-refractivity contribution in [2.75, 3.05) is 0 Å². The maximum Gasteiger partial charge on any atom is 0.399 e. The zero-order chi connectivity index (χ0) is 27.3. The van der Waals surface area contributed by atoms with Crippen molar-refractivity contribution in [2.45, 2.75) is 57.8 Å². The molecule has 0 aromatic rings. The van der Waals surface area contributed by atoms with Crippen molar-refractivity contribution in [1.29, 1.82) is 0 Å². The molecule has 0 radical (unpaired) electrons. The van der Waals surface area contributed by atoms with Gasteiger partial charge in [0, 0.05) is 27.2 Å². The summed E-state index contributed by atoms with van der Waals surface area (Å²) in [5.41, 5.74) is 6.81. The maximum atomic E-state index is 12.4. The van der Waals surface area contributed by atoms with Crippen LogP contribution < -0.4 is 11.5 Å². The summed E-state index contributed by atoms with van der Waals surface area (Å²) in [5.74, 6) is -11.8. The highest BCUT2D eigenvalue weighted by atomic mass is 17.2. The molecule has 3 atom stereocenters. The molecule has 0 aliphatic heterocycles. The number of esters is 1. The van der Waals surface area contributed by atoms with E-state index in [0.29, 0.717) is 0 Å². The third-order valence-electron chi connectivity index (χ3n) is 3.38. The summed E-state index contributed by atoms with van der Waals surface area (Å²) in [5, 5.41) is 10.8. The van der Waals surface area contributed by atoms with Crippen LogP contribution in [-0.4, -0.2) is 70.5 Å². The minimum Gasteiger partial charge on any atom is -0.445 e. The summed E-state index contributed by atoms with van der Waals surface area (Å²) >= 11 is 0. The molecule has 0 heterocycles. The molecule has 3 unspecified atom stereocenters. The summed E-state index contributed by atoms with van der Waals surface area (Å²) in [6.45, 7) is 2.33. The molecule has 18 heteroatoms. The van der Waals surface area contributed by atoms with E-state index in [4.69, 9.17) is 11.5 Å². The lowest BCUT2D eigenvalue weighted by Gasteiger charge is -2.29. The Labute approximate surface area is 195 Å². The van der Waals surface area contributed by atoms with Crippen LogP contribution in [0.4, 0.5) is 0 Å². The van der Waals surface area contributed by atoms with Crippen LogP contribution in [0.5, 0.6) is 0 Å². The molecule has 196 valence electrons. The first-order valence-electron chi connectivity index (χ1n) is 9.23. The molecule has 0 aromatic carbocycles. The van der Waals surface area contributed by atoms with E-state index in [2.05, 4.69) is 34.1 Å². The zero-order valence-electron chi connectivity index (χ0n) is 18.5. The van der Waals surface area contributed by atoms with Gasteiger partial charge in [0.1, 0.15) is 6.04 Å². The summed E-state index contributed by atoms with van der Waals surface area (Å²) in [4.78, 5) is 117. The van der Waals surface area contributed by atoms with Gasteiger partial charge in [-0.3, -0.25) is 9.59 Å². The summed E-state index contributed by atoms with van der Waals surface area (Å²) in [6.07, 6.45) is -5.41. The number of amides is 1. The van der Waals surface area contributed by atoms with Crippen molar-refractivity contribution in [2.24, 2.45) is 11.5 Å². The Morgan fingerprint density at radius 2 is 1.26 bits per heavy atom. The smallest absolute Gasteiger partial charge is 0.399 e. The van der Waals surface area contributed by atoms with E-state index >= 15 is 0 Å². The van der Waals surface area contributed by atoms with Crippen LogP contribution in [-0.2, 0) is 72.4 Å². The lowest BCUT2D eigenvalue weighted by molar-refractivity contribution is -0.287. The van der Waals surface area contributed by atoms with Crippen LogP contribution in [0.15, 0.2) is 0 Å². The predicted octanol–water partition coefficient (Wildman–Crippen LogP) is -3.32. The number of primary amides is 1. The quantitative estimate of drug-likeness (QED) is 0.147. The van der Waals surface area contributed by atoms with Gasteiger partial charge in [-0.2, -0.15) is 0 Å². The number of hydrogen-bond acceptors (Lipinski definition) is 17. The van der Waals surface area contributed by atoms with Crippen LogP contribution in [0.3, 0.4) is 0 Å². The van der Waals surface area contributed by atoms with Crippen LogP contribution in [0.2, 0.25) is 0 Å². The molecule has 0 aliphatic rings. The molecule has 0 bridgehead atoms. The highest BCUT2D eigenvalue weighted by Gasteiger charge is 2.57. The van der Waals surface area contributed by atoms with Gasteiger partial charge in [0.15, 0.2) is 0 Å². The molecule has 0 aromatic heterocycles. The van der Waals surface area contributed by atoms with Gasteiger partial charge in [-0.25, -0.2) is 58.1 Å². The second-order valence-electron chi connectivity index (χ2n) is 6.48. The fourth-order valence-corrected chi connectivity index (χ4v) is 1.90. The number of rotatable bonds is 10. The van der Waals surface area contributed by atoms with E-state index in [9.17, 15) is 43.5 Å². The second-order valence-corrected chi connectivity index (χ2v) is 6.48. The number of carbonyl (C=O) groups excluding carboxylic acids is 8. The average Bonchev–Trinajstić information content (AvgIpc) is 2.75. The maximum absolute atomic E-state index is 12.4. The fourth-order valence-electron chi connectivity index (χ4n) is 1.90. The Hall–Kier alpha value is -4.32. The van der Waals surface area contributed by atoms with E-state index in [0.717, 1.165) is 20.8 Å². The highest BCUT2D eigenvalue weighted by Crippen LogP contribution is 2.24. The van der Waals surface area contributed by atoms with Crippen LogP contribution in [0, 0.1) is 0 Å². The monoisotopic (exact) mass is 510 g/mol. The summed E-state index contributed by atoms with van der Waals surface area (Å²) in [7, 11) is 0. The van der Waals surface area contributed by atoms with Gasteiger partial charge in [-0.15, -0.1) is 0 Å². The molecule has 0 saturated heterocycles. The Bertz CT molecular complexity index is 870. The van der Waals surface area contributed by atoms with E-state index in [1.165, 1.54) is 0 Å². The zero-order valence-corrected chi connectivity index (χ0v) is 18.5. The van der Waals surface area contributed by atoms with Gasteiger partial charge < -0.3 is 21.3 Å². The largest absolute Gasteiger partial charge is 0.445 e. The Kier molecular flexibility index (Phi) is 12.3. The number of nitrogens with two attached hydrogens (primary N) is 2. The van der Waals surface area contributed by atoms with Crippen molar-refractivity contribution in [1.82, 2.24) is 0 Å². The predicted molar refractivity (Wildman–Crippen MR) is 99.4 cm³/mol. The molecule has 35 heavy (non-hydrogen) atoms. The molecule has 0 spiro atoms. The number of aliphatic hydroxyl groups is 1. The van der Waals surface area contributed by atoms with Crippen LogP contribution >= 0.6 is 0 Å². The fraction of sp³-hybridized carbons (Fsp3) is 0.529. The lowest BCUT2D eigenvalue weighted by Crippen LogP contribution is -2.58. The Morgan fingerprint density at radius 1 is 0.771 bits per heavy atom. The first-order valence-corrected chi connectivity index (χ1v) is 9.23. The number of ether oxygens (including phenoxy) is 1. The van der Waals surface area contributed by atoms with Crippen molar-refractivity contribution in [3.63, 3.8) is 0 Å². The van der Waals surface area contributed by atoms with Gasteiger partial charge in [0.05, 0.1) is 6.42 Å². The van der Waals surface area contributed by atoms with Crippen molar-refractivity contribution < 1.29 is 77.5 Å². The SMILES string of the molecule is CC(=O)OOC(=O)CC(O)(C(=O)OOC(C)=O)C(OC(=O)C(N)CCC(N)=O)C(=O)OOC(C)=O. The first-order chi connectivity index (χ1) is 16.1. The molecule has 0 fully saturated rings. The van der Waals surface area contributed by atoms with E-state index in [-0.39, 0.29) is 0 Å². The van der Waals surface area contributed by atoms with Gasteiger partial charge in [0.25, 0.3) is 0 Å². The van der Waals surface area contributed by atoms with E-state index in [1.807, 2.05) is 0 Å². The molecule has 0 saturated carbocycles. The second kappa shape index (κ2) is 14.1. The molecule has 0 aliphatic carbocycles. The average molecular weight is 510 g/mol. The van der Waals surface area contributed by atoms with E-state index in [1.54, 1.807) is 0 Å². The summed E-state index contributed by atoms with van der Waals surface area (Å²) < 4.78 is 4.67. The lowest BCUT2D eigenvalue weighted by atomic mass is 9.92. The molecular weight excluding hydrogens is 488 g/mol. The minimum absolute atomic E-state index is 0.424. The molecule has 1 amide bonds. The third-order valence-corrected chi connectivity index (χ3v) is 3.38. The minimum atomic E-state index is -3.62. The van der Waals surface area contributed by atoms with Crippen molar-refractivity contribution >= 4 is 47.7 Å². The topological polar surface area (TPSA) is 273 Å². The Morgan fingerprint density at radius 3 is 1.74 bits per heavy atom. The van der Waals surface area contributed by atoms with Gasteiger partial charge in [-0.1, -0.05) is 0 Å². The van der Waals surface area contributed by atoms with E-state index < -0.39 is 84.7 Å². The number of hydrogen-bond donors (Lipinski definition) is 3. The standard InChI is InChI=1S/C17H22N2O16/c1-7(20)30-33-12(24)6-17(28,16(27)35-32-9(3)22)13(15(26)34-31-8(2)21)29-14(25)10(18)4-5-11(19)23/h10,13,28H,4-6,18H2,1-3H3,(H2,19,23).